The van der Waals surface area contributed by atoms with Gasteiger partial charge in [-0.2, -0.15) is 0 Å². The molecule has 0 aliphatic rings. The summed E-state index contributed by atoms with van der Waals surface area (Å²) < 4.78 is 40.4. The van der Waals surface area contributed by atoms with Crippen molar-refractivity contribution in [3.63, 3.8) is 0 Å². The van der Waals surface area contributed by atoms with Crippen molar-refractivity contribution < 1.29 is 12.8 Å². The molecule has 0 bridgehead atoms. The first-order chi connectivity index (χ1) is 9.83. The molecular formula is C14H14ClFN2O2S. The first-order valence-electron chi connectivity index (χ1n) is 6.11. The zero-order valence-electron chi connectivity index (χ0n) is 11.2. The van der Waals surface area contributed by atoms with E-state index in [1.807, 2.05) is 0 Å². The molecule has 2 aromatic rings. The standard InChI is InChI=1S/C14H14ClFN2O2S/c1-9-2-5-14(13(16)6-9)18-21(19,20)11-4-3-10(8-17)12(15)7-11/h2-7,18H,8,17H2,1H3. The number of hydrogen-bond acceptors (Lipinski definition) is 3. The molecule has 2 aromatic carbocycles. The van der Waals surface area contributed by atoms with Crippen LogP contribution in [0.15, 0.2) is 41.3 Å². The fourth-order valence-electron chi connectivity index (χ4n) is 1.77. The molecule has 0 unspecified atom stereocenters. The monoisotopic (exact) mass is 328 g/mol. The molecule has 0 amide bonds. The van der Waals surface area contributed by atoms with Crippen LogP contribution in [0.2, 0.25) is 5.02 Å². The van der Waals surface area contributed by atoms with Gasteiger partial charge in [0.25, 0.3) is 10.0 Å². The second-order valence-corrected chi connectivity index (χ2v) is 6.64. The van der Waals surface area contributed by atoms with Crippen molar-refractivity contribution >= 4 is 27.3 Å². The summed E-state index contributed by atoms with van der Waals surface area (Å²) in [5.41, 5.74) is 6.69. The van der Waals surface area contributed by atoms with Gasteiger partial charge in [-0.3, -0.25) is 4.72 Å². The minimum Gasteiger partial charge on any atom is -0.326 e. The van der Waals surface area contributed by atoms with E-state index in [-0.39, 0.29) is 22.2 Å². The molecule has 0 radical (unpaired) electrons. The highest BCUT2D eigenvalue weighted by Crippen LogP contribution is 2.24. The SMILES string of the molecule is Cc1ccc(NS(=O)(=O)c2ccc(CN)c(Cl)c2)c(F)c1. The third-order valence-corrected chi connectivity index (χ3v) is 4.64. The van der Waals surface area contributed by atoms with Crippen molar-refractivity contribution in [3.8, 4) is 0 Å². The quantitative estimate of drug-likeness (QED) is 0.906. The number of rotatable bonds is 4. The first kappa shape index (κ1) is 15.8. The third-order valence-electron chi connectivity index (χ3n) is 2.92. The normalized spacial score (nSPS) is 11.4. The van der Waals surface area contributed by atoms with E-state index in [0.717, 1.165) is 0 Å². The van der Waals surface area contributed by atoms with Crippen LogP contribution in [-0.4, -0.2) is 8.42 Å². The highest BCUT2D eigenvalue weighted by Gasteiger charge is 2.17. The Bertz CT molecular complexity index is 779. The molecule has 2 rings (SSSR count). The number of nitrogens with two attached hydrogens (primary N) is 1. The average Bonchev–Trinajstić information content (AvgIpc) is 2.42. The van der Waals surface area contributed by atoms with Gasteiger partial charge in [0.2, 0.25) is 0 Å². The summed E-state index contributed by atoms with van der Waals surface area (Å²) in [6.45, 7) is 1.92. The Hall–Kier alpha value is -1.63. The summed E-state index contributed by atoms with van der Waals surface area (Å²) in [4.78, 5) is -0.0512. The van der Waals surface area contributed by atoms with Crippen molar-refractivity contribution in [3.05, 3.63) is 58.4 Å². The molecule has 0 heterocycles. The molecule has 0 aliphatic heterocycles. The summed E-state index contributed by atoms with van der Waals surface area (Å²) >= 11 is 5.94. The highest BCUT2D eigenvalue weighted by atomic mass is 35.5. The predicted octanol–water partition coefficient (Wildman–Crippen LogP) is 3.05. The van der Waals surface area contributed by atoms with E-state index < -0.39 is 15.8 Å². The number of benzene rings is 2. The van der Waals surface area contributed by atoms with Crippen LogP contribution in [0.3, 0.4) is 0 Å². The van der Waals surface area contributed by atoms with Crippen molar-refractivity contribution in [2.75, 3.05) is 4.72 Å². The highest BCUT2D eigenvalue weighted by molar-refractivity contribution is 7.92. The fraction of sp³-hybridized carbons (Fsp3) is 0.143. The smallest absolute Gasteiger partial charge is 0.262 e. The van der Waals surface area contributed by atoms with Crippen LogP contribution in [0.1, 0.15) is 11.1 Å². The van der Waals surface area contributed by atoms with Gasteiger partial charge in [-0.1, -0.05) is 23.7 Å². The Kier molecular flexibility index (Phi) is 4.51. The van der Waals surface area contributed by atoms with Gasteiger partial charge in [0.15, 0.2) is 0 Å². The van der Waals surface area contributed by atoms with Crippen LogP contribution in [0.25, 0.3) is 0 Å². The Morgan fingerprint density at radius 1 is 1.24 bits per heavy atom. The second kappa shape index (κ2) is 6.01. The van der Waals surface area contributed by atoms with E-state index in [9.17, 15) is 12.8 Å². The lowest BCUT2D eigenvalue weighted by Crippen LogP contribution is -2.14. The molecule has 0 aromatic heterocycles. The van der Waals surface area contributed by atoms with Gasteiger partial charge in [-0.05, 0) is 42.3 Å². The molecule has 0 aliphatic carbocycles. The molecule has 0 saturated carbocycles. The summed E-state index contributed by atoms with van der Waals surface area (Å²) in [7, 11) is -3.91. The van der Waals surface area contributed by atoms with Crippen molar-refractivity contribution in [1.29, 1.82) is 0 Å². The number of hydrogen-bond donors (Lipinski definition) is 2. The minimum absolute atomic E-state index is 0.0512. The maximum absolute atomic E-state index is 13.7. The van der Waals surface area contributed by atoms with E-state index in [2.05, 4.69) is 4.72 Å². The van der Waals surface area contributed by atoms with Gasteiger partial charge < -0.3 is 5.73 Å². The molecule has 0 spiro atoms. The van der Waals surface area contributed by atoms with Crippen LogP contribution in [0.4, 0.5) is 10.1 Å². The second-order valence-electron chi connectivity index (χ2n) is 4.55. The number of anilines is 1. The van der Waals surface area contributed by atoms with Gasteiger partial charge in [0.1, 0.15) is 5.82 Å². The predicted molar refractivity (Wildman–Crippen MR) is 81.3 cm³/mol. The van der Waals surface area contributed by atoms with Crippen LogP contribution in [0, 0.1) is 12.7 Å². The first-order valence-corrected chi connectivity index (χ1v) is 7.97. The topological polar surface area (TPSA) is 72.2 Å². The zero-order chi connectivity index (χ0) is 15.6. The molecule has 3 N–H and O–H groups in total. The molecule has 7 heteroatoms. The summed E-state index contributed by atoms with van der Waals surface area (Å²) in [6, 6.07) is 8.44. The van der Waals surface area contributed by atoms with Gasteiger partial charge >= 0.3 is 0 Å². The number of nitrogens with one attached hydrogen (secondary N) is 1. The Balaban J connectivity index is 2.36. The average molecular weight is 329 g/mol. The van der Waals surface area contributed by atoms with Crippen LogP contribution in [-0.2, 0) is 16.6 Å². The van der Waals surface area contributed by atoms with E-state index >= 15 is 0 Å². The summed E-state index contributed by atoms with van der Waals surface area (Å²) in [5.74, 6) is -0.636. The molecule has 4 nitrogen and oxygen atoms in total. The fourth-order valence-corrected chi connectivity index (χ4v) is 3.18. The van der Waals surface area contributed by atoms with Crippen LogP contribution in [0.5, 0.6) is 0 Å². The largest absolute Gasteiger partial charge is 0.326 e. The summed E-state index contributed by atoms with van der Waals surface area (Å²) in [5, 5.41) is 0.254. The van der Waals surface area contributed by atoms with Gasteiger partial charge in [-0.15, -0.1) is 0 Å². The number of sulfonamides is 1. The summed E-state index contributed by atoms with van der Waals surface area (Å²) in [6.07, 6.45) is 0. The zero-order valence-corrected chi connectivity index (χ0v) is 12.8. The van der Waals surface area contributed by atoms with Crippen molar-refractivity contribution in [2.24, 2.45) is 5.73 Å². The maximum atomic E-state index is 13.7. The number of aryl methyl sites for hydroxylation is 1. The Morgan fingerprint density at radius 2 is 1.95 bits per heavy atom. The van der Waals surface area contributed by atoms with E-state index in [4.69, 9.17) is 17.3 Å². The molecule has 0 atom stereocenters. The van der Waals surface area contributed by atoms with Crippen molar-refractivity contribution in [2.45, 2.75) is 18.4 Å². The van der Waals surface area contributed by atoms with Gasteiger partial charge in [-0.25, -0.2) is 12.8 Å². The van der Waals surface area contributed by atoms with Gasteiger partial charge in [0.05, 0.1) is 10.6 Å². The maximum Gasteiger partial charge on any atom is 0.262 e. The molecule has 0 fully saturated rings. The molecule has 0 saturated heterocycles. The van der Waals surface area contributed by atoms with Crippen LogP contribution >= 0.6 is 11.6 Å². The van der Waals surface area contributed by atoms with Gasteiger partial charge in [0, 0.05) is 11.6 Å². The third kappa shape index (κ3) is 3.53. The minimum atomic E-state index is -3.91. The van der Waals surface area contributed by atoms with E-state index in [1.54, 1.807) is 13.0 Å². The Labute approximate surface area is 127 Å². The van der Waals surface area contributed by atoms with E-state index in [1.165, 1.54) is 30.3 Å². The molecule has 112 valence electrons. The van der Waals surface area contributed by atoms with Crippen molar-refractivity contribution in [1.82, 2.24) is 0 Å². The Morgan fingerprint density at radius 3 is 2.52 bits per heavy atom. The lowest BCUT2D eigenvalue weighted by Gasteiger charge is -2.10. The van der Waals surface area contributed by atoms with Crippen LogP contribution < -0.4 is 10.5 Å². The number of halogens is 2. The lowest BCUT2D eigenvalue weighted by atomic mass is 10.2. The van der Waals surface area contributed by atoms with E-state index in [0.29, 0.717) is 11.1 Å². The molecule has 21 heavy (non-hydrogen) atoms. The lowest BCUT2D eigenvalue weighted by molar-refractivity contribution is 0.598. The molecular weight excluding hydrogens is 315 g/mol.